The summed E-state index contributed by atoms with van der Waals surface area (Å²) in [7, 11) is 0. The quantitative estimate of drug-likeness (QED) is 0.765. The van der Waals surface area contributed by atoms with Crippen LogP contribution in [0.3, 0.4) is 0 Å². The third-order valence-electron chi connectivity index (χ3n) is 4.34. The Hall–Kier alpha value is -1.06. The van der Waals surface area contributed by atoms with E-state index in [1.165, 1.54) is 0 Å². The van der Waals surface area contributed by atoms with Crippen molar-refractivity contribution in [1.82, 2.24) is 9.80 Å². The van der Waals surface area contributed by atoms with Crippen LogP contribution in [0.5, 0.6) is 0 Å². The van der Waals surface area contributed by atoms with Crippen LogP contribution in [0, 0.1) is 0 Å². The fraction of sp³-hybridized carbons (Fsp3) is 0.857. The van der Waals surface area contributed by atoms with Crippen molar-refractivity contribution in [3.63, 3.8) is 0 Å². The zero-order valence-corrected chi connectivity index (χ0v) is 11.7. The molecule has 2 heterocycles. The van der Waals surface area contributed by atoms with Gasteiger partial charge in [-0.3, -0.25) is 9.59 Å². The predicted molar refractivity (Wildman–Crippen MR) is 70.0 cm³/mol. The largest absolute Gasteiger partial charge is 0.329 e. The summed E-state index contributed by atoms with van der Waals surface area (Å²) in [6.07, 6.45) is 4.79. The minimum absolute atomic E-state index is 0.145. The summed E-state index contributed by atoms with van der Waals surface area (Å²) < 4.78 is 0. The van der Waals surface area contributed by atoms with Crippen LogP contribution in [0.1, 0.15) is 52.9 Å². The zero-order chi connectivity index (χ0) is 13.3. The lowest BCUT2D eigenvalue weighted by Crippen LogP contribution is -2.64. The van der Waals surface area contributed by atoms with Gasteiger partial charge in [0.1, 0.15) is 12.1 Å². The molecule has 2 aliphatic heterocycles. The molecule has 0 N–H and O–H groups in total. The van der Waals surface area contributed by atoms with Crippen molar-refractivity contribution in [3.05, 3.63) is 0 Å². The Kier molecular flexibility index (Phi) is 3.93. The number of carbonyl (C=O) groups excluding carboxylic acids is 2. The van der Waals surface area contributed by atoms with Gasteiger partial charge in [-0.1, -0.05) is 20.3 Å². The lowest BCUT2D eigenvalue weighted by Gasteiger charge is -2.44. The van der Waals surface area contributed by atoms with Crippen LogP contribution >= 0.6 is 0 Å². The van der Waals surface area contributed by atoms with Gasteiger partial charge in [-0.15, -0.1) is 0 Å². The van der Waals surface area contributed by atoms with Crippen LogP contribution in [-0.4, -0.2) is 46.3 Å². The van der Waals surface area contributed by atoms with Crippen molar-refractivity contribution in [2.75, 3.05) is 6.54 Å². The first-order valence-corrected chi connectivity index (χ1v) is 7.24. The third-order valence-corrected chi connectivity index (χ3v) is 4.34. The van der Waals surface area contributed by atoms with Gasteiger partial charge in [0.2, 0.25) is 11.8 Å². The zero-order valence-electron chi connectivity index (χ0n) is 11.7. The highest BCUT2D eigenvalue weighted by Crippen LogP contribution is 2.29. The molecule has 2 fully saturated rings. The van der Waals surface area contributed by atoms with E-state index in [9.17, 15) is 9.59 Å². The standard InChI is InChI=1S/C14H24N2O2/c1-4-7-11(5-2)16-10(3)13(17)15-9-6-8-12(15)14(16)18/h10-12H,4-9H2,1-3H3. The first-order valence-electron chi connectivity index (χ1n) is 7.24. The molecule has 2 saturated heterocycles. The number of nitrogens with zero attached hydrogens (tertiary/aromatic N) is 2. The summed E-state index contributed by atoms with van der Waals surface area (Å²) in [5, 5.41) is 0. The molecule has 2 amide bonds. The summed E-state index contributed by atoms with van der Waals surface area (Å²) in [5.74, 6) is 0.326. The van der Waals surface area contributed by atoms with E-state index in [0.29, 0.717) is 0 Å². The molecular formula is C14H24N2O2. The van der Waals surface area contributed by atoms with Gasteiger partial charge in [-0.25, -0.2) is 0 Å². The Balaban J connectivity index is 2.23. The third kappa shape index (κ3) is 2.02. The molecule has 0 aromatic carbocycles. The van der Waals surface area contributed by atoms with Gasteiger partial charge < -0.3 is 9.80 Å². The van der Waals surface area contributed by atoms with Crippen LogP contribution in [0.4, 0.5) is 0 Å². The number of carbonyl (C=O) groups is 2. The van der Waals surface area contributed by atoms with Gasteiger partial charge in [0.05, 0.1) is 0 Å². The Bertz CT molecular complexity index is 343. The molecule has 3 atom stereocenters. The Morgan fingerprint density at radius 1 is 1.28 bits per heavy atom. The molecule has 4 heteroatoms. The van der Waals surface area contributed by atoms with E-state index in [-0.39, 0.29) is 29.9 Å². The van der Waals surface area contributed by atoms with Crippen molar-refractivity contribution >= 4 is 11.8 Å². The van der Waals surface area contributed by atoms with Crippen molar-refractivity contribution in [3.8, 4) is 0 Å². The number of piperazine rings is 1. The topological polar surface area (TPSA) is 40.6 Å². The monoisotopic (exact) mass is 252 g/mol. The van der Waals surface area contributed by atoms with Crippen LogP contribution in [0.2, 0.25) is 0 Å². The average Bonchev–Trinajstić information content (AvgIpc) is 2.84. The summed E-state index contributed by atoms with van der Waals surface area (Å²) in [5.41, 5.74) is 0. The molecule has 3 unspecified atom stereocenters. The molecular weight excluding hydrogens is 228 g/mol. The van der Waals surface area contributed by atoms with Gasteiger partial charge >= 0.3 is 0 Å². The Labute approximate surface area is 109 Å². The van der Waals surface area contributed by atoms with Crippen molar-refractivity contribution in [2.24, 2.45) is 0 Å². The highest BCUT2D eigenvalue weighted by Gasteiger charge is 2.47. The SMILES string of the molecule is CCCC(CC)N1C(=O)C2CCCN2C(=O)C1C. The van der Waals surface area contributed by atoms with Gasteiger partial charge in [0, 0.05) is 12.6 Å². The van der Waals surface area contributed by atoms with E-state index in [4.69, 9.17) is 0 Å². The minimum Gasteiger partial charge on any atom is -0.329 e. The number of amides is 2. The average molecular weight is 252 g/mol. The fourth-order valence-electron chi connectivity index (χ4n) is 3.38. The molecule has 0 radical (unpaired) electrons. The van der Waals surface area contributed by atoms with Gasteiger partial charge in [-0.2, -0.15) is 0 Å². The van der Waals surface area contributed by atoms with Crippen LogP contribution in [0.15, 0.2) is 0 Å². The normalized spacial score (nSPS) is 29.7. The minimum atomic E-state index is -0.275. The number of hydrogen-bond donors (Lipinski definition) is 0. The fourth-order valence-corrected chi connectivity index (χ4v) is 3.38. The molecule has 102 valence electrons. The van der Waals surface area contributed by atoms with Gasteiger partial charge in [-0.05, 0) is 32.6 Å². The van der Waals surface area contributed by atoms with E-state index in [2.05, 4.69) is 13.8 Å². The molecule has 4 nitrogen and oxygen atoms in total. The second-order valence-electron chi connectivity index (χ2n) is 5.46. The van der Waals surface area contributed by atoms with E-state index in [1.807, 2.05) is 11.8 Å². The van der Waals surface area contributed by atoms with E-state index in [0.717, 1.165) is 38.6 Å². The molecule has 2 aliphatic rings. The maximum Gasteiger partial charge on any atom is 0.246 e. The molecule has 0 aromatic heterocycles. The molecule has 18 heavy (non-hydrogen) atoms. The smallest absolute Gasteiger partial charge is 0.246 e. The lowest BCUT2D eigenvalue weighted by atomic mass is 9.99. The van der Waals surface area contributed by atoms with Crippen LogP contribution < -0.4 is 0 Å². The number of hydrogen-bond acceptors (Lipinski definition) is 2. The Morgan fingerprint density at radius 2 is 2.00 bits per heavy atom. The van der Waals surface area contributed by atoms with Crippen molar-refractivity contribution in [2.45, 2.75) is 71.0 Å². The maximum atomic E-state index is 12.6. The highest BCUT2D eigenvalue weighted by molar-refractivity contribution is 5.97. The molecule has 2 rings (SSSR count). The predicted octanol–water partition coefficient (Wildman–Crippen LogP) is 1.79. The summed E-state index contributed by atoms with van der Waals surface area (Å²) in [6.45, 7) is 6.88. The van der Waals surface area contributed by atoms with Crippen LogP contribution in [0.25, 0.3) is 0 Å². The van der Waals surface area contributed by atoms with Crippen LogP contribution in [-0.2, 0) is 9.59 Å². The van der Waals surface area contributed by atoms with E-state index < -0.39 is 0 Å². The maximum absolute atomic E-state index is 12.6. The summed E-state index contributed by atoms with van der Waals surface area (Å²) in [6, 6.07) is -0.216. The van der Waals surface area contributed by atoms with Crippen molar-refractivity contribution in [1.29, 1.82) is 0 Å². The Morgan fingerprint density at radius 3 is 2.61 bits per heavy atom. The second kappa shape index (κ2) is 5.29. The van der Waals surface area contributed by atoms with Crippen molar-refractivity contribution < 1.29 is 9.59 Å². The molecule has 0 aliphatic carbocycles. The number of rotatable bonds is 4. The molecule has 0 aromatic rings. The molecule has 0 bridgehead atoms. The lowest BCUT2D eigenvalue weighted by molar-refractivity contribution is -0.161. The van der Waals surface area contributed by atoms with E-state index in [1.54, 1.807) is 4.90 Å². The molecule has 0 spiro atoms. The summed E-state index contributed by atoms with van der Waals surface area (Å²) in [4.78, 5) is 28.6. The number of fused-ring (bicyclic) bond motifs is 1. The van der Waals surface area contributed by atoms with E-state index >= 15 is 0 Å². The highest BCUT2D eigenvalue weighted by atomic mass is 16.2. The second-order valence-corrected chi connectivity index (χ2v) is 5.46. The van der Waals surface area contributed by atoms with Gasteiger partial charge in [0.25, 0.3) is 0 Å². The summed E-state index contributed by atoms with van der Waals surface area (Å²) >= 11 is 0. The first-order chi connectivity index (χ1) is 8.61. The first kappa shape index (κ1) is 13.4. The molecule has 0 saturated carbocycles. The van der Waals surface area contributed by atoms with Gasteiger partial charge in [0.15, 0.2) is 0 Å².